The van der Waals surface area contributed by atoms with Gasteiger partial charge in [0.25, 0.3) is 0 Å². The molecule has 1 aliphatic rings. The van der Waals surface area contributed by atoms with E-state index in [0.29, 0.717) is 13.0 Å². The minimum absolute atomic E-state index is 0. The van der Waals surface area contributed by atoms with Gasteiger partial charge >= 0.3 is 0 Å². The number of nitrogens with one attached hydrogen (secondary N) is 1. The molecule has 4 nitrogen and oxygen atoms in total. The van der Waals surface area contributed by atoms with Gasteiger partial charge in [-0.05, 0) is 45.6 Å². The van der Waals surface area contributed by atoms with E-state index in [1.54, 1.807) is 11.3 Å². The van der Waals surface area contributed by atoms with Crippen molar-refractivity contribution in [3.8, 4) is 0 Å². The van der Waals surface area contributed by atoms with Crippen molar-refractivity contribution in [3.05, 3.63) is 16.1 Å². The number of amides is 1. The summed E-state index contributed by atoms with van der Waals surface area (Å²) in [6.45, 7) is 6.67. The van der Waals surface area contributed by atoms with Gasteiger partial charge in [0, 0.05) is 17.5 Å². The first-order chi connectivity index (χ1) is 9.87. The van der Waals surface area contributed by atoms with E-state index in [1.807, 2.05) is 27.0 Å². The molecular formula is C16H29Cl2N3OS. The van der Waals surface area contributed by atoms with Crippen LogP contribution in [-0.2, 0) is 10.3 Å². The van der Waals surface area contributed by atoms with E-state index in [1.165, 1.54) is 19.3 Å². The maximum Gasteiger partial charge on any atom is 0.221 e. The van der Waals surface area contributed by atoms with E-state index in [-0.39, 0.29) is 36.1 Å². The minimum atomic E-state index is -0.416. The lowest BCUT2D eigenvalue weighted by molar-refractivity contribution is -0.125. The van der Waals surface area contributed by atoms with Gasteiger partial charge in [-0.2, -0.15) is 0 Å². The van der Waals surface area contributed by atoms with Crippen LogP contribution in [0.5, 0.6) is 0 Å². The van der Waals surface area contributed by atoms with E-state index in [0.717, 1.165) is 22.7 Å². The molecule has 134 valence electrons. The van der Waals surface area contributed by atoms with E-state index >= 15 is 0 Å². The van der Waals surface area contributed by atoms with Crippen molar-refractivity contribution in [2.75, 3.05) is 6.54 Å². The van der Waals surface area contributed by atoms with Crippen LogP contribution in [0.2, 0.25) is 0 Å². The Hall–Kier alpha value is -0.360. The van der Waals surface area contributed by atoms with Crippen LogP contribution >= 0.6 is 36.2 Å². The van der Waals surface area contributed by atoms with Crippen LogP contribution in [0, 0.1) is 12.3 Å². The molecule has 1 aromatic heterocycles. The molecule has 0 bridgehead atoms. The van der Waals surface area contributed by atoms with Crippen LogP contribution in [0.3, 0.4) is 0 Å². The molecule has 0 spiro atoms. The van der Waals surface area contributed by atoms with Gasteiger partial charge in [-0.3, -0.25) is 4.79 Å². The number of aromatic nitrogens is 1. The molecule has 0 aliphatic heterocycles. The van der Waals surface area contributed by atoms with Crippen LogP contribution in [0.1, 0.15) is 62.3 Å². The first-order valence-corrected chi connectivity index (χ1v) is 8.63. The lowest BCUT2D eigenvalue weighted by Gasteiger charge is -2.36. The molecule has 0 saturated heterocycles. The maximum atomic E-state index is 12.5. The van der Waals surface area contributed by atoms with Gasteiger partial charge in [0.1, 0.15) is 5.01 Å². The van der Waals surface area contributed by atoms with E-state index in [4.69, 9.17) is 5.73 Å². The second-order valence-corrected chi connectivity index (χ2v) is 8.13. The Morgan fingerprint density at radius 3 is 2.43 bits per heavy atom. The minimum Gasteiger partial charge on any atom is -0.345 e. The molecule has 0 aromatic carbocycles. The summed E-state index contributed by atoms with van der Waals surface area (Å²) in [5.41, 5.74) is 5.57. The number of thiazole rings is 1. The number of rotatable bonds is 5. The fourth-order valence-corrected chi connectivity index (χ4v) is 4.01. The standard InChI is InChI=1S/C16H27N3OS.2ClH/c1-12-10-18-14(21-12)15(2,3)19-13(20)9-16(11-17)7-5-4-6-8-16;;/h10H,4-9,11,17H2,1-3H3,(H,19,20);2*1H. The van der Waals surface area contributed by atoms with Crippen LogP contribution in [0.25, 0.3) is 0 Å². The lowest BCUT2D eigenvalue weighted by atomic mass is 9.71. The molecule has 7 heteroatoms. The smallest absolute Gasteiger partial charge is 0.221 e. The molecule has 0 radical (unpaired) electrons. The molecule has 1 aliphatic carbocycles. The summed E-state index contributed by atoms with van der Waals surface area (Å²) in [6.07, 6.45) is 8.21. The molecular weight excluding hydrogens is 353 g/mol. The average molecular weight is 382 g/mol. The zero-order valence-electron chi connectivity index (χ0n) is 14.2. The van der Waals surface area contributed by atoms with Crippen molar-refractivity contribution in [2.45, 2.75) is 64.8 Å². The number of hydrogen-bond donors (Lipinski definition) is 2. The molecule has 1 fully saturated rings. The molecule has 3 N–H and O–H groups in total. The quantitative estimate of drug-likeness (QED) is 0.810. The predicted octanol–water partition coefficient (Wildman–Crippen LogP) is 3.95. The van der Waals surface area contributed by atoms with Gasteiger partial charge < -0.3 is 11.1 Å². The lowest BCUT2D eigenvalue weighted by Crippen LogP contribution is -2.45. The van der Waals surface area contributed by atoms with Gasteiger partial charge in [0.2, 0.25) is 5.91 Å². The zero-order chi connectivity index (χ0) is 15.5. The highest BCUT2D eigenvalue weighted by Crippen LogP contribution is 2.38. The van der Waals surface area contributed by atoms with Crippen molar-refractivity contribution in [1.29, 1.82) is 0 Å². The largest absolute Gasteiger partial charge is 0.345 e. The summed E-state index contributed by atoms with van der Waals surface area (Å²) in [4.78, 5) is 18.1. The van der Waals surface area contributed by atoms with E-state index < -0.39 is 5.54 Å². The molecule has 1 aromatic rings. The molecule has 2 rings (SSSR count). The van der Waals surface area contributed by atoms with Gasteiger partial charge in [-0.1, -0.05) is 19.3 Å². The number of halogens is 2. The maximum absolute atomic E-state index is 12.5. The fraction of sp³-hybridized carbons (Fsp3) is 0.750. The zero-order valence-corrected chi connectivity index (χ0v) is 16.6. The van der Waals surface area contributed by atoms with Crippen molar-refractivity contribution < 1.29 is 4.79 Å². The Labute approximate surface area is 155 Å². The van der Waals surface area contributed by atoms with Crippen LogP contribution < -0.4 is 11.1 Å². The molecule has 23 heavy (non-hydrogen) atoms. The normalized spacial score (nSPS) is 16.9. The predicted molar refractivity (Wildman–Crippen MR) is 102 cm³/mol. The third-order valence-corrected chi connectivity index (χ3v) is 5.73. The second kappa shape index (κ2) is 9.21. The van der Waals surface area contributed by atoms with Crippen molar-refractivity contribution >= 4 is 42.1 Å². The van der Waals surface area contributed by atoms with Crippen molar-refractivity contribution in [2.24, 2.45) is 11.1 Å². The summed E-state index contributed by atoms with van der Waals surface area (Å²) < 4.78 is 0. The first-order valence-electron chi connectivity index (χ1n) is 7.81. The molecule has 0 unspecified atom stereocenters. The number of carbonyl (C=O) groups excluding carboxylic acids is 1. The van der Waals surface area contributed by atoms with Crippen molar-refractivity contribution in [1.82, 2.24) is 10.3 Å². The van der Waals surface area contributed by atoms with Crippen LogP contribution in [-0.4, -0.2) is 17.4 Å². The highest BCUT2D eigenvalue weighted by atomic mass is 35.5. The molecule has 1 amide bonds. The van der Waals surface area contributed by atoms with Crippen LogP contribution in [0.15, 0.2) is 6.20 Å². The topological polar surface area (TPSA) is 68.0 Å². The molecule has 0 atom stereocenters. The van der Waals surface area contributed by atoms with Crippen LogP contribution in [0.4, 0.5) is 0 Å². The van der Waals surface area contributed by atoms with Gasteiger partial charge in [0.15, 0.2) is 0 Å². The SMILES string of the molecule is Cc1cnc(C(C)(C)NC(=O)CC2(CN)CCCCC2)s1.Cl.Cl. The van der Waals surface area contributed by atoms with E-state index in [2.05, 4.69) is 10.3 Å². The Kier molecular flexibility index (Phi) is 9.06. The molecule has 1 heterocycles. The monoisotopic (exact) mass is 381 g/mol. The Morgan fingerprint density at radius 2 is 1.96 bits per heavy atom. The van der Waals surface area contributed by atoms with Gasteiger partial charge in [0.05, 0.1) is 5.54 Å². The first kappa shape index (κ1) is 22.6. The number of carbonyl (C=O) groups is 1. The summed E-state index contributed by atoms with van der Waals surface area (Å²) >= 11 is 1.64. The Morgan fingerprint density at radius 1 is 1.35 bits per heavy atom. The number of aryl methyl sites for hydroxylation is 1. The third kappa shape index (κ3) is 5.89. The van der Waals surface area contributed by atoms with Crippen molar-refractivity contribution in [3.63, 3.8) is 0 Å². The molecule has 1 saturated carbocycles. The average Bonchev–Trinajstić information content (AvgIpc) is 2.86. The Bertz CT molecular complexity index is 499. The van der Waals surface area contributed by atoms with Gasteiger partial charge in [-0.25, -0.2) is 4.98 Å². The second-order valence-electron chi connectivity index (χ2n) is 6.89. The fourth-order valence-electron chi connectivity index (χ4n) is 3.19. The van der Waals surface area contributed by atoms with Gasteiger partial charge in [-0.15, -0.1) is 36.2 Å². The highest BCUT2D eigenvalue weighted by Gasteiger charge is 2.35. The Balaban J connectivity index is 0.00000242. The highest BCUT2D eigenvalue weighted by molar-refractivity contribution is 7.11. The number of nitrogens with two attached hydrogens (primary N) is 1. The number of nitrogens with zero attached hydrogens (tertiary/aromatic N) is 1. The summed E-state index contributed by atoms with van der Waals surface area (Å²) in [5.74, 6) is 0.0974. The van der Waals surface area contributed by atoms with E-state index in [9.17, 15) is 4.79 Å². The number of hydrogen-bond acceptors (Lipinski definition) is 4. The third-order valence-electron chi connectivity index (χ3n) is 4.49. The summed E-state index contributed by atoms with van der Waals surface area (Å²) in [7, 11) is 0. The summed E-state index contributed by atoms with van der Waals surface area (Å²) in [6, 6.07) is 0. The summed E-state index contributed by atoms with van der Waals surface area (Å²) in [5, 5.41) is 4.10.